The third-order valence-electron chi connectivity index (χ3n) is 3.92. The molecule has 0 spiro atoms. The third-order valence-corrected chi connectivity index (χ3v) is 4.40. The molecule has 4 nitrogen and oxygen atoms in total. The fourth-order valence-electron chi connectivity index (χ4n) is 2.87. The maximum absolute atomic E-state index is 6.35. The summed E-state index contributed by atoms with van der Waals surface area (Å²) < 4.78 is 7.42. The van der Waals surface area contributed by atoms with E-state index in [9.17, 15) is 0 Å². The zero-order valence-corrected chi connectivity index (χ0v) is 12.1. The van der Waals surface area contributed by atoms with Crippen LogP contribution in [-0.4, -0.2) is 28.5 Å². The average molecular weight is 272 g/mol. The smallest absolute Gasteiger partial charge is 0.130 e. The molecule has 0 aliphatic carbocycles. The van der Waals surface area contributed by atoms with Gasteiger partial charge in [0, 0.05) is 31.2 Å². The van der Waals surface area contributed by atoms with Gasteiger partial charge >= 0.3 is 0 Å². The molecule has 0 bridgehead atoms. The van der Waals surface area contributed by atoms with E-state index >= 15 is 0 Å². The maximum Gasteiger partial charge on any atom is 0.130 e. The number of hydrogen-bond acceptors (Lipinski definition) is 3. The molecular formula is C13H22ClN3O. The topological polar surface area (TPSA) is 53.1 Å². The molecule has 1 aliphatic rings. The molecule has 1 saturated heterocycles. The quantitative estimate of drug-likeness (QED) is 0.912. The Morgan fingerprint density at radius 1 is 1.61 bits per heavy atom. The van der Waals surface area contributed by atoms with Crippen molar-refractivity contribution in [2.45, 2.75) is 45.3 Å². The molecule has 2 heterocycles. The first-order chi connectivity index (χ1) is 8.54. The SMILES string of the molecule is CCC1OCCC1C(N)Cc1c(C)nn(C)c1Cl. The molecule has 2 rings (SSSR count). The normalized spacial score (nSPS) is 25.6. The molecule has 3 atom stereocenters. The van der Waals surface area contributed by atoms with E-state index in [1.54, 1.807) is 4.68 Å². The van der Waals surface area contributed by atoms with Gasteiger partial charge in [-0.15, -0.1) is 0 Å². The van der Waals surface area contributed by atoms with Crippen LogP contribution >= 0.6 is 11.6 Å². The highest BCUT2D eigenvalue weighted by Crippen LogP contribution is 2.29. The minimum atomic E-state index is 0.0952. The molecule has 0 aromatic carbocycles. The predicted octanol–water partition coefficient (Wildman–Crippen LogP) is 2.07. The summed E-state index contributed by atoms with van der Waals surface area (Å²) in [5.41, 5.74) is 8.40. The average Bonchev–Trinajstić information content (AvgIpc) is 2.90. The van der Waals surface area contributed by atoms with Crippen LogP contribution in [0.3, 0.4) is 0 Å². The number of hydrogen-bond donors (Lipinski definition) is 1. The highest BCUT2D eigenvalue weighted by Gasteiger charge is 2.32. The van der Waals surface area contributed by atoms with E-state index in [1.807, 2.05) is 14.0 Å². The highest BCUT2D eigenvalue weighted by atomic mass is 35.5. The molecule has 1 aromatic heterocycles. The summed E-state index contributed by atoms with van der Waals surface area (Å²) in [6.07, 6.45) is 3.16. The fourth-order valence-corrected chi connectivity index (χ4v) is 3.12. The largest absolute Gasteiger partial charge is 0.378 e. The van der Waals surface area contributed by atoms with Crippen LogP contribution in [0.2, 0.25) is 5.15 Å². The van der Waals surface area contributed by atoms with Crippen molar-refractivity contribution >= 4 is 11.6 Å². The van der Waals surface area contributed by atoms with Gasteiger partial charge in [0.05, 0.1) is 11.8 Å². The first kappa shape index (κ1) is 13.8. The molecule has 5 heteroatoms. The number of nitrogens with two attached hydrogens (primary N) is 1. The van der Waals surface area contributed by atoms with Gasteiger partial charge in [-0.25, -0.2) is 0 Å². The summed E-state index contributed by atoms with van der Waals surface area (Å²) in [6, 6.07) is 0.0952. The van der Waals surface area contributed by atoms with Crippen LogP contribution in [0.1, 0.15) is 31.0 Å². The predicted molar refractivity (Wildman–Crippen MR) is 72.8 cm³/mol. The lowest BCUT2D eigenvalue weighted by Crippen LogP contribution is -2.37. The molecule has 2 N–H and O–H groups in total. The Morgan fingerprint density at radius 3 is 2.89 bits per heavy atom. The third kappa shape index (κ3) is 2.56. The van der Waals surface area contributed by atoms with Gasteiger partial charge in [0.25, 0.3) is 0 Å². The number of aromatic nitrogens is 2. The summed E-state index contributed by atoms with van der Waals surface area (Å²) in [7, 11) is 1.86. The number of nitrogens with zero attached hydrogens (tertiary/aromatic N) is 2. The van der Waals surface area contributed by atoms with Gasteiger partial charge < -0.3 is 10.5 Å². The maximum atomic E-state index is 6.35. The number of rotatable bonds is 4. The fraction of sp³-hybridized carbons (Fsp3) is 0.769. The second-order valence-corrected chi connectivity index (χ2v) is 5.47. The van der Waals surface area contributed by atoms with Crippen LogP contribution in [0.15, 0.2) is 0 Å². The van der Waals surface area contributed by atoms with Crippen molar-refractivity contribution in [3.63, 3.8) is 0 Å². The molecule has 0 saturated carbocycles. The molecule has 0 radical (unpaired) electrons. The van der Waals surface area contributed by atoms with E-state index in [1.165, 1.54) is 0 Å². The molecule has 3 unspecified atom stereocenters. The molecule has 1 fully saturated rings. The summed E-state index contributed by atoms with van der Waals surface area (Å²) >= 11 is 6.25. The second-order valence-electron chi connectivity index (χ2n) is 5.12. The van der Waals surface area contributed by atoms with Gasteiger partial charge in [0.2, 0.25) is 0 Å². The van der Waals surface area contributed by atoms with Crippen molar-refractivity contribution in [3.8, 4) is 0 Å². The van der Waals surface area contributed by atoms with E-state index in [2.05, 4.69) is 12.0 Å². The minimum Gasteiger partial charge on any atom is -0.378 e. The van der Waals surface area contributed by atoms with Crippen LogP contribution in [-0.2, 0) is 18.2 Å². The number of halogens is 1. The van der Waals surface area contributed by atoms with Gasteiger partial charge in [0.1, 0.15) is 5.15 Å². The summed E-state index contributed by atoms with van der Waals surface area (Å²) in [5.74, 6) is 0.436. The Bertz CT molecular complexity index is 419. The van der Waals surface area contributed by atoms with E-state index < -0.39 is 0 Å². The van der Waals surface area contributed by atoms with E-state index in [-0.39, 0.29) is 6.04 Å². The van der Waals surface area contributed by atoms with Gasteiger partial charge in [-0.2, -0.15) is 5.10 Å². The first-order valence-corrected chi connectivity index (χ1v) is 6.97. The lowest BCUT2D eigenvalue weighted by Gasteiger charge is -2.23. The van der Waals surface area contributed by atoms with Crippen LogP contribution in [0, 0.1) is 12.8 Å². The Kier molecular flexibility index (Phi) is 4.30. The van der Waals surface area contributed by atoms with Gasteiger partial charge in [0.15, 0.2) is 0 Å². The van der Waals surface area contributed by atoms with Crippen molar-refractivity contribution in [1.29, 1.82) is 0 Å². The monoisotopic (exact) mass is 271 g/mol. The van der Waals surface area contributed by atoms with E-state index in [0.717, 1.165) is 37.1 Å². The molecular weight excluding hydrogens is 250 g/mol. The molecule has 18 heavy (non-hydrogen) atoms. The van der Waals surface area contributed by atoms with Crippen molar-refractivity contribution < 1.29 is 4.74 Å². The van der Waals surface area contributed by atoms with Crippen LogP contribution < -0.4 is 5.73 Å². The zero-order valence-electron chi connectivity index (χ0n) is 11.3. The Balaban J connectivity index is 2.09. The zero-order chi connectivity index (χ0) is 13.3. The van der Waals surface area contributed by atoms with Crippen LogP contribution in [0.25, 0.3) is 0 Å². The van der Waals surface area contributed by atoms with Gasteiger partial charge in [-0.05, 0) is 26.2 Å². The van der Waals surface area contributed by atoms with Gasteiger partial charge in [-0.3, -0.25) is 4.68 Å². The standard InChI is InChI=1S/C13H22ClN3O/c1-4-12-9(5-6-18-12)11(15)7-10-8(2)16-17(3)13(10)14/h9,11-12H,4-7,15H2,1-3H3. The van der Waals surface area contributed by atoms with Crippen LogP contribution in [0.4, 0.5) is 0 Å². The number of ether oxygens (including phenoxy) is 1. The Hall–Kier alpha value is -0.580. The molecule has 0 amide bonds. The van der Waals surface area contributed by atoms with Crippen molar-refractivity contribution in [2.75, 3.05) is 6.61 Å². The Labute approximate surface area is 113 Å². The summed E-state index contributed by atoms with van der Waals surface area (Å²) in [4.78, 5) is 0. The van der Waals surface area contributed by atoms with E-state index in [4.69, 9.17) is 22.1 Å². The minimum absolute atomic E-state index is 0.0952. The van der Waals surface area contributed by atoms with Gasteiger partial charge in [-0.1, -0.05) is 18.5 Å². The Morgan fingerprint density at radius 2 is 2.33 bits per heavy atom. The summed E-state index contributed by atoms with van der Waals surface area (Å²) in [6.45, 7) is 4.96. The van der Waals surface area contributed by atoms with Crippen molar-refractivity contribution in [3.05, 3.63) is 16.4 Å². The summed E-state index contributed by atoms with van der Waals surface area (Å²) in [5, 5.41) is 5.03. The lowest BCUT2D eigenvalue weighted by molar-refractivity contribution is 0.0814. The lowest BCUT2D eigenvalue weighted by atomic mass is 9.88. The van der Waals surface area contributed by atoms with Crippen molar-refractivity contribution in [1.82, 2.24) is 9.78 Å². The van der Waals surface area contributed by atoms with Crippen molar-refractivity contribution in [2.24, 2.45) is 18.7 Å². The molecule has 102 valence electrons. The number of aryl methyl sites for hydroxylation is 2. The van der Waals surface area contributed by atoms with Crippen LogP contribution in [0.5, 0.6) is 0 Å². The highest BCUT2D eigenvalue weighted by molar-refractivity contribution is 6.30. The molecule has 1 aromatic rings. The van der Waals surface area contributed by atoms with E-state index in [0.29, 0.717) is 17.2 Å². The molecule has 1 aliphatic heterocycles. The second kappa shape index (κ2) is 5.59. The first-order valence-electron chi connectivity index (χ1n) is 6.59.